The van der Waals surface area contributed by atoms with Crippen LogP contribution in [0.15, 0.2) is 55.1 Å². The fraction of sp³-hybridized carbons (Fsp3) is 0.360. The van der Waals surface area contributed by atoms with Crippen molar-refractivity contribution in [3.63, 3.8) is 0 Å². The van der Waals surface area contributed by atoms with Gasteiger partial charge in [-0.15, -0.1) is 0 Å². The van der Waals surface area contributed by atoms with Gasteiger partial charge in [0.05, 0.1) is 18.3 Å². The fourth-order valence-corrected chi connectivity index (χ4v) is 4.29. The van der Waals surface area contributed by atoms with Crippen molar-refractivity contribution in [3.8, 4) is 5.82 Å². The first kappa shape index (κ1) is 25.2. The van der Waals surface area contributed by atoms with Crippen LogP contribution in [0.5, 0.6) is 0 Å². The summed E-state index contributed by atoms with van der Waals surface area (Å²) in [5.74, 6) is -0.967. The Morgan fingerprint density at radius 3 is 2.39 bits per heavy atom. The minimum atomic E-state index is -4.51. The lowest BCUT2D eigenvalue weighted by Gasteiger charge is -2.31. The van der Waals surface area contributed by atoms with E-state index in [9.17, 15) is 22.8 Å². The highest BCUT2D eigenvalue weighted by Gasteiger charge is 2.33. The third kappa shape index (κ3) is 6.21. The number of aromatic nitrogens is 3. The molecule has 0 atom stereocenters. The maximum atomic E-state index is 12.9. The van der Waals surface area contributed by atoms with Crippen molar-refractivity contribution < 1.29 is 27.9 Å². The van der Waals surface area contributed by atoms with E-state index in [1.807, 2.05) is 18.2 Å². The molecule has 4 rings (SSSR count). The predicted molar refractivity (Wildman–Crippen MR) is 126 cm³/mol. The number of alkyl halides is 3. The van der Waals surface area contributed by atoms with Gasteiger partial charge in [-0.3, -0.25) is 14.2 Å². The summed E-state index contributed by atoms with van der Waals surface area (Å²) in [7, 11) is 0. The summed E-state index contributed by atoms with van der Waals surface area (Å²) in [4.78, 5) is 32.8. The van der Waals surface area contributed by atoms with Crippen molar-refractivity contribution in [1.29, 1.82) is 0 Å². The van der Waals surface area contributed by atoms with Gasteiger partial charge in [-0.2, -0.15) is 13.2 Å². The van der Waals surface area contributed by atoms with E-state index in [-0.39, 0.29) is 18.9 Å². The smallest absolute Gasteiger partial charge is 0.434 e. The van der Waals surface area contributed by atoms with Crippen LogP contribution < -0.4 is 10.2 Å². The Labute approximate surface area is 205 Å². The minimum absolute atomic E-state index is 0.0605. The first-order valence-electron chi connectivity index (χ1n) is 11.6. The summed E-state index contributed by atoms with van der Waals surface area (Å²) in [6, 6.07) is 11.0. The second kappa shape index (κ2) is 10.8. The number of carboxylic acid groups (broad SMARTS) is 1. The van der Waals surface area contributed by atoms with Gasteiger partial charge in [0.2, 0.25) is 0 Å². The number of carbonyl (C=O) groups is 2. The van der Waals surface area contributed by atoms with Crippen LogP contribution in [0.2, 0.25) is 0 Å². The number of carbonyl (C=O) groups excluding carboxylic acids is 1. The molecule has 2 heterocycles. The average Bonchev–Trinajstić information content (AvgIpc) is 3.55. The Kier molecular flexibility index (Phi) is 7.56. The summed E-state index contributed by atoms with van der Waals surface area (Å²) in [6.45, 7) is 0.640. The lowest BCUT2D eigenvalue weighted by Crippen LogP contribution is -2.33. The molecule has 3 aromatic rings. The Morgan fingerprint density at radius 1 is 1.08 bits per heavy atom. The van der Waals surface area contributed by atoms with Crippen molar-refractivity contribution in [2.75, 3.05) is 11.4 Å². The number of hydrogen-bond donors (Lipinski definition) is 2. The summed E-state index contributed by atoms with van der Waals surface area (Å²) in [6.07, 6.45) is 3.32. The number of amides is 1. The van der Waals surface area contributed by atoms with E-state index in [1.165, 1.54) is 4.57 Å². The van der Waals surface area contributed by atoms with Gasteiger partial charge >= 0.3 is 12.1 Å². The molecule has 1 fully saturated rings. The molecular formula is C25H26F3N5O3. The number of hydrogen-bond acceptors (Lipinski definition) is 5. The number of aliphatic carboxylic acids is 1. The SMILES string of the molecule is O=C(O)CCNC(=O)c1ccc(CN(c2ccc(-n3cnc(C(F)(F)F)c3)nc2)C2CCCC2)cc1. The quantitative estimate of drug-likeness (QED) is 0.450. The lowest BCUT2D eigenvalue weighted by atomic mass is 10.1. The second-order valence-electron chi connectivity index (χ2n) is 8.70. The van der Waals surface area contributed by atoms with Crippen LogP contribution >= 0.6 is 0 Å². The maximum Gasteiger partial charge on any atom is 0.434 e. The van der Waals surface area contributed by atoms with Crippen LogP contribution in [0.25, 0.3) is 5.82 Å². The van der Waals surface area contributed by atoms with Crippen molar-refractivity contribution in [1.82, 2.24) is 19.9 Å². The normalized spacial score (nSPS) is 14.1. The Balaban J connectivity index is 1.47. The van der Waals surface area contributed by atoms with Crippen LogP contribution in [-0.4, -0.2) is 44.1 Å². The fourth-order valence-electron chi connectivity index (χ4n) is 4.29. The zero-order valence-corrected chi connectivity index (χ0v) is 19.4. The van der Waals surface area contributed by atoms with Crippen molar-refractivity contribution in [3.05, 3.63) is 71.9 Å². The molecule has 1 amide bonds. The lowest BCUT2D eigenvalue weighted by molar-refractivity contribution is -0.141. The van der Waals surface area contributed by atoms with Gasteiger partial charge in [0.1, 0.15) is 12.1 Å². The molecule has 190 valence electrons. The largest absolute Gasteiger partial charge is 0.481 e. The summed E-state index contributed by atoms with van der Waals surface area (Å²) < 4.78 is 39.9. The van der Waals surface area contributed by atoms with Crippen molar-refractivity contribution in [2.24, 2.45) is 0 Å². The number of nitrogens with zero attached hydrogens (tertiary/aromatic N) is 4. The molecule has 0 saturated heterocycles. The number of imidazole rings is 1. The standard InChI is InChI=1S/C25H26F3N5O3/c26-25(27,28)21-15-32(16-31-21)22-10-9-20(13-30-22)33(19-3-1-2-4-19)14-17-5-7-18(8-6-17)24(36)29-12-11-23(34)35/h5-10,13,15-16,19H,1-4,11-12,14H2,(H,29,36)(H,34,35). The number of nitrogens with one attached hydrogen (secondary N) is 1. The number of benzene rings is 1. The molecule has 2 N–H and O–H groups in total. The topological polar surface area (TPSA) is 100 Å². The molecule has 1 aliphatic carbocycles. The van der Waals surface area contributed by atoms with Crippen molar-refractivity contribution >= 4 is 17.6 Å². The minimum Gasteiger partial charge on any atom is -0.481 e. The first-order valence-corrected chi connectivity index (χ1v) is 11.6. The molecular weight excluding hydrogens is 475 g/mol. The molecule has 1 saturated carbocycles. The van der Waals surface area contributed by atoms with Gasteiger partial charge in [-0.25, -0.2) is 9.97 Å². The summed E-state index contributed by atoms with van der Waals surface area (Å²) >= 11 is 0. The number of carboxylic acids is 1. The van der Waals surface area contributed by atoms with Gasteiger partial charge < -0.3 is 15.3 Å². The maximum absolute atomic E-state index is 12.9. The van der Waals surface area contributed by atoms with Crippen LogP contribution in [0, 0.1) is 0 Å². The van der Waals surface area contributed by atoms with E-state index in [4.69, 9.17) is 5.11 Å². The molecule has 36 heavy (non-hydrogen) atoms. The van der Waals surface area contributed by atoms with E-state index < -0.39 is 17.8 Å². The Bertz CT molecular complexity index is 1190. The van der Waals surface area contributed by atoms with Crippen molar-refractivity contribution in [2.45, 2.75) is 50.9 Å². The molecule has 2 aromatic heterocycles. The second-order valence-corrected chi connectivity index (χ2v) is 8.70. The van der Waals surface area contributed by atoms with E-state index in [2.05, 4.69) is 20.2 Å². The third-order valence-electron chi connectivity index (χ3n) is 6.16. The Morgan fingerprint density at radius 2 is 1.81 bits per heavy atom. The molecule has 0 unspecified atom stereocenters. The molecule has 1 aromatic carbocycles. The number of pyridine rings is 1. The van der Waals surface area contributed by atoms with Gasteiger partial charge in [-0.05, 0) is 42.7 Å². The Hall–Kier alpha value is -3.89. The molecule has 0 radical (unpaired) electrons. The van der Waals surface area contributed by atoms with Gasteiger partial charge in [0.25, 0.3) is 5.91 Å². The van der Waals surface area contributed by atoms with E-state index in [0.717, 1.165) is 49.5 Å². The van der Waals surface area contributed by atoms with Gasteiger partial charge in [-0.1, -0.05) is 25.0 Å². The molecule has 8 nitrogen and oxygen atoms in total. The van der Waals surface area contributed by atoms with Crippen LogP contribution in [0.4, 0.5) is 18.9 Å². The molecule has 0 bridgehead atoms. The molecule has 1 aliphatic rings. The number of halogens is 3. The van der Waals surface area contributed by atoms with E-state index in [1.54, 1.807) is 24.4 Å². The van der Waals surface area contributed by atoms with Crippen LogP contribution in [-0.2, 0) is 17.5 Å². The first-order chi connectivity index (χ1) is 17.2. The average molecular weight is 502 g/mol. The third-order valence-corrected chi connectivity index (χ3v) is 6.16. The summed E-state index contributed by atoms with van der Waals surface area (Å²) in [5, 5.41) is 11.3. The highest BCUT2D eigenvalue weighted by atomic mass is 19.4. The zero-order valence-electron chi connectivity index (χ0n) is 19.4. The van der Waals surface area contributed by atoms with Crippen LogP contribution in [0.3, 0.4) is 0 Å². The monoisotopic (exact) mass is 501 g/mol. The molecule has 0 aliphatic heterocycles. The number of rotatable bonds is 9. The molecule has 11 heteroatoms. The highest BCUT2D eigenvalue weighted by Crippen LogP contribution is 2.31. The van der Waals surface area contributed by atoms with Crippen LogP contribution in [0.1, 0.15) is 53.7 Å². The number of anilines is 1. The van der Waals surface area contributed by atoms with E-state index >= 15 is 0 Å². The molecule has 0 spiro atoms. The van der Waals surface area contributed by atoms with Gasteiger partial charge in [0.15, 0.2) is 5.69 Å². The zero-order chi connectivity index (χ0) is 25.7. The van der Waals surface area contributed by atoms with E-state index in [0.29, 0.717) is 24.0 Å². The van der Waals surface area contributed by atoms with Gasteiger partial charge in [0, 0.05) is 30.9 Å². The highest BCUT2D eigenvalue weighted by molar-refractivity contribution is 5.94. The summed E-state index contributed by atoms with van der Waals surface area (Å²) in [5.41, 5.74) is 1.32. The predicted octanol–water partition coefficient (Wildman–Crippen LogP) is 4.44.